The minimum atomic E-state index is -0.606. The van der Waals surface area contributed by atoms with Crippen LogP contribution in [0, 0.1) is 5.82 Å². The number of hydrogen-bond acceptors (Lipinski definition) is 4. The van der Waals surface area contributed by atoms with Gasteiger partial charge >= 0.3 is 6.03 Å². The van der Waals surface area contributed by atoms with Gasteiger partial charge in [-0.1, -0.05) is 12.1 Å². The highest BCUT2D eigenvalue weighted by atomic mass is 19.1. The molecule has 2 aromatic rings. The van der Waals surface area contributed by atoms with Crippen LogP contribution in [0.15, 0.2) is 42.9 Å². The summed E-state index contributed by atoms with van der Waals surface area (Å²) < 4.78 is 13.2. The van der Waals surface area contributed by atoms with Crippen molar-refractivity contribution in [2.45, 2.75) is 0 Å². The van der Waals surface area contributed by atoms with Gasteiger partial charge in [0.2, 0.25) is 0 Å². The molecule has 2 amide bonds. The zero-order valence-corrected chi connectivity index (χ0v) is 9.22. The first-order chi connectivity index (χ1) is 8.75. The van der Waals surface area contributed by atoms with Gasteiger partial charge in [0.25, 0.3) is 0 Å². The largest absolute Gasteiger partial charge is 0.337 e. The van der Waals surface area contributed by atoms with E-state index in [1.807, 2.05) is 0 Å². The van der Waals surface area contributed by atoms with Crippen molar-refractivity contribution in [2.75, 3.05) is 10.7 Å². The van der Waals surface area contributed by atoms with E-state index in [1.54, 1.807) is 6.07 Å². The topological polar surface area (TPSA) is 78.9 Å². The summed E-state index contributed by atoms with van der Waals surface area (Å²) in [6.45, 7) is 0. The van der Waals surface area contributed by atoms with E-state index in [0.717, 1.165) is 0 Å². The molecule has 1 heterocycles. The predicted molar refractivity (Wildman–Crippen MR) is 64.2 cm³/mol. The lowest BCUT2D eigenvalue weighted by Crippen LogP contribution is -2.34. The van der Waals surface area contributed by atoms with Crippen LogP contribution < -0.4 is 16.2 Å². The molecule has 7 heteroatoms. The number of amides is 2. The summed E-state index contributed by atoms with van der Waals surface area (Å²) in [6.07, 6.45) is 4.41. The van der Waals surface area contributed by atoms with Gasteiger partial charge in [0.1, 0.15) is 5.82 Å². The Labute approximate surface area is 102 Å². The lowest BCUT2D eigenvalue weighted by molar-refractivity contribution is 0.253. The highest BCUT2D eigenvalue weighted by Crippen LogP contribution is 2.11. The number of nitrogens with one attached hydrogen (secondary N) is 3. The molecule has 0 atom stereocenters. The second-order valence-electron chi connectivity index (χ2n) is 3.27. The Morgan fingerprint density at radius 2 is 2.06 bits per heavy atom. The molecular weight excluding hydrogens is 237 g/mol. The maximum Gasteiger partial charge on any atom is 0.337 e. The van der Waals surface area contributed by atoms with Gasteiger partial charge in [-0.3, -0.25) is 10.4 Å². The fraction of sp³-hybridized carbons (Fsp3) is 0. The van der Waals surface area contributed by atoms with Gasteiger partial charge in [-0.15, -0.1) is 0 Å². The van der Waals surface area contributed by atoms with Crippen LogP contribution in [0.1, 0.15) is 0 Å². The summed E-state index contributed by atoms with van der Waals surface area (Å²) in [6, 6.07) is 5.26. The zero-order chi connectivity index (χ0) is 12.8. The quantitative estimate of drug-likeness (QED) is 0.722. The van der Waals surface area contributed by atoms with Crippen molar-refractivity contribution < 1.29 is 9.18 Å². The van der Waals surface area contributed by atoms with Crippen molar-refractivity contribution >= 4 is 17.5 Å². The first-order valence-corrected chi connectivity index (χ1v) is 5.09. The molecule has 0 bridgehead atoms. The molecule has 18 heavy (non-hydrogen) atoms. The number of carbonyl (C=O) groups excluding carboxylic acids is 1. The van der Waals surface area contributed by atoms with Crippen molar-refractivity contribution in [3.8, 4) is 0 Å². The van der Waals surface area contributed by atoms with E-state index in [2.05, 4.69) is 26.1 Å². The Bertz CT molecular complexity index is 534. The van der Waals surface area contributed by atoms with E-state index in [4.69, 9.17) is 0 Å². The molecule has 3 N–H and O–H groups in total. The third-order valence-electron chi connectivity index (χ3n) is 1.99. The van der Waals surface area contributed by atoms with Gasteiger partial charge in [0, 0.05) is 12.4 Å². The van der Waals surface area contributed by atoms with E-state index in [0.29, 0.717) is 5.82 Å². The van der Waals surface area contributed by atoms with Gasteiger partial charge in [0.05, 0.1) is 11.9 Å². The number of halogens is 1. The Morgan fingerprint density at radius 3 is 2.78 bits per heavy atom. The molecule has 0 unspecified atom stereocenters. The smallest absolute Gasteiger partial charge is 0.304 e. The number of carbonyl (C=O) groups is 1. The Kier molecular flexibility index (Phi) is 3.65. The van der Waals surface area contributed by atoms with Gasteiger partial charge in [-0.05, 0) is 12.1 Å². The van der Waals surface area contributed by atoms with Crippen LogP contribution in [0.4, 0.5) is 20.7 Å². The van der Waals surface area contributed by atoms with Gasteiger partial charge in [-0.2, -0.15) is 0 Å². The van der Waals surface area contributed by atoms with E-state index in [9.17, 15) is 9.18 Å². The first-order valence-electron chi connectivity index (χ1n) is 5.09. The van der Waals surface area contributed by atoms with Crippen LogP contribution in [0.5, 0.6) is 0 Å². The maximum absolute atomic E-state index is 13.2. The standard InChI is InChI=1S/C11H10FN5O/c12-8-3-1-2-4-9(8)15-11(18)17-16-10-7-13-5-6-14-10/h1-7H,(H,14,16)(H2,15,17,18). The molecule has 0 spiro atoms. The monoisotopic (exact) mass is 247 g/mol. The van der Waals surface area contributed by atoms with Crippen LogP contribution in [0.3, 0.4) is 0 Å². The Hall–Kier alpha value is -2.70. The second-order valence-corrected chi connectivity index (χ2v) is 3.27. The van der Waals surface area contributed by atoms with Gasteiger partial charge in [0.15, 0.2) is 5.82 Å². The predicted octanol–water partition coefficient (Wildman–Crippen LogP) is 1.76. The number of anilines is 2. The van der Waals surface area contributed by atoms with Crippen LogP contribution in [0.25, 0.3) is 0 Å². The summed E-state index contributed by atoms with van der Waals surface area (Å²) in [5.41, 5.74) is 4.92. The van der Waals surface area contributed by atoms with Crippen LogP contribution in [0.2, 0.25) is 0 Å². The molecule has 0 saturated heterocycles. The Morgan fingerprint density at radius 1 is 1.22 bits per heavy atom. The second kappa shape index (κ2) is 5.58. The molecule has 0 aliphatic carbocycles. The third-order valence-corrected chi connectivity index (χ3v) is 1.99. The number of benzene rings is 1. The number of para-hydroxylation sites is 1. The van der Waals surface area contributed by atoms with Crippen molar-refractivity contribution in [2.24, 2.45) is 0 Å². The first kappa shape index (κ1) is 11.8. The number of aromatic nitrogens is 2. The van der Waals surface area contributed by atoms with E-state index in [-0.39, 0.29) is 5.69 Å². The van der Waals surface area contributed by atoms with Gasteiger partial charge < -0.3 is 5.32 Å². The number of urea groups is 1. The molecule has 0 fully saturated rings. The third kappa shape index (κ3) is 3.14. The summed E-state index contributed by atoms with van der Waals surface area (Å²) in [5.74, 6) is -0.131. The molecular formula is C11H10FN5O. The number of hydrazine groups is 1. The van der Waals surface area contributed by atoms with E-state index >= 15 is 0 Å². The Balaban J connectivity index is 1.88. The van der Waals surface area contributed by atoms with Crippen molar-refractivity contribution in [1.82, 2.24) is 15.4 Å². The van der Waals surface area contributed by atoms with Crippen molar-refractivity contribution in [3.05, 3.63) is 48.7 Å². The molecule has 0 aliphatic rings. The average molecular weight is 247 g/mol. The number of hydrogen-bond donors (Lipinski definition) is 3. The van der Waals surface area contributed by atoms with Gasteiger partial charge in [-0.25, -0.2) is 19.6 Å². The molecule has 0 saturated carbocycles. The van der Waals surface area contributed by atoms with E-state index < -0.39 is 11.8 Å². The summed E-state index contributed by atoms with van der Waals surface area (Å²) in [4.78, 5) is 19.1. The molecule has 6 nitrogen and oxygen atoms in total. The number of rotatable bonds is 3. The molecule has 0 aliphatic heterocycles. The fourth-order valence-electron chi connectivity index (χ4n) is 1.20. The fourth-order valence-corrected chi connectivity index (χ4v) is 1.20. The lowest BCUT2D eigenvalue weighted by Gasteiger charge is -2.09. The zero-order valence-electron chi connectivity index (χ0n) is 9.22. The van der Waals surface area contributed by atoms with Crippen LogP contribution in [-0.4, -0.2) is 16.0 Å². The molecule has 0 radical (unpaired) electrons. The highest BCUT2D eigenvalue weighted by Gasteiger charge is 2.05. The minimum Gasteiger partial charge on any atom is -0.304 e. The van der Waals surface area contributed by atoms with Crippen molar-refractivity contribution in [3.63, 3.8) is 0 Å². The van der Waals surface area contributed by atoms with Crippen LogP contribution in [-0.2, 0) is 0 Å². The van der Waals surface area contributed by atoms with Crippen molar-refractivity contribution in [1.29, 1.82) is 0 Å². The maximum atomic E-state index is 13.2. The molecule has 1 aromatic heterocycles. The molecule has 92 valence electrons. The van der Waals surface area contributed by atoms with Crippen LogP contribution >= 0.6 is 0 Å². The molecule has 1 aromatic carbocycles. The SMILES string of the molecule is O=C(NNc1cnccn1)Nc1ccccc1F. The summed E-state index contributed by atoms with van der Waals surface area (Å²) in [7, 11) is 0. The minimum absolute atomic E-state index is 0.0935. The average Bonchev–Trinajstić information content (AvgIpc) is 2.40. The normalized spacial score (nSPS) is 9.61. The molecule has 2 rings (SSSR count). The van der Waals surface area contributed by atoms with E-state index in [1.165, 1.54) is 36.8 Å². The summed E-state index contributed by atoms with van der Waals surface area (Å²) in [5, 5.41) is 2.34. The lowest BCUT2D eigenvalue weighted by atomic mass is 10.3. The number of nitrogens with zero attached hydrogens (tertiary/aromatic N) is 2. The highest BCUT2D eigenvalue weighted by molar-refractivity contribution is 5.89. The summed E-state index contributed by atoms with van der Waals surface area (Å²) >= 11 is 0.